The first-order chi connectivity index (χ1) is 11.7. The molecule has 1 aliphatic carbocycles. The summed E-state index contributed by atoms with van der Waals surface area (Å²) in [5.41, 5.74) is 0.933. The molecule has 130 valence electrons. The van der Waals surface area contributed by atoms with Gasteiger partial charge in [-0.05, 0) is 44.7 Å². The molecule has 3 N–H and O–H groups in total. The van der Waals surface area contributed by atoms with Gasteiger partial charge in [-0.3, -0.25) is 4.99 Å². The minimum Gasteiger partial charge on any atom is -0.461 e. The molecule has 0 atom stereocenters. The highest BCUT2D eigenvalue weighted by atomic mass is 16.3. The van der Waals surface area contributed by atoms with Gasteiger partial charge >= 0.3 is 0 Å². The van der Waals surface area contributed by atoms with Crippen molar-refractivity contribution in [3.8, 4) is 0 Å². The van der Waals surface area contributed by atoms with E-state index in [4.69, 9.17) is 4.42 Å². The molecule has 2 aromatic rings. The molecule has 5 nitrogen and oxygen atoms in total. The van der Waals surface area contributed by atoms with Gasteiger partial charge in [0.2, 0.25) is 0 Å². The van der Waals surface area contributed by atoms with Crippen LogP contribution in [-0.4, -0.2) is 36.3 Å². The van der Waals surface area contributed by atoms with Crippen molar-refractivity contribution >= 4 is 16.9 Å². The molecular weight excluding hydrogens is 302 g/mol. The fourth-order valence-electron chi connectivity index (χ4n) is 3.17. The van der Waals surface area contributed by atoms with Gasteiger partial charge in [0.15, 0.2) is 5.96 Å². The average molecular weight is 329 g/mol. The summed E-state index contributed by atoms with van der Waals surface area (Å²) in [4.78, 5) is 4.66. The number of nitrogens with one attached hydrogen (secondary N) is 2. The van der Waals surface area contributed by atoms with Crippen molar-refractivity contribution in [3.63, 3.8) is 0 Å². The second kappa shape index (κ2) is 8.20. The summed E-state index contributed by atoms with van der Waals surface area (Å²) in [5, 5.41) is 17.5. The molecule has 0 unspecified atom stereocenters. The third-order valence-corrected chi connectivity index (χ3v) is 4.49. The highest BCUT2D eigenvalue weighted by Gasteiger charge is 2.19. The van der Waals surface area contributed by atoms with Gasteiger partial charge in [-0.15, -0.1) is 0 Å². The zero-order chi connectivity index (χ0) is 16.8. The van der Waals surface area contributed by atoms with Gasteiger partial charge in [0.25, 0.3) is 0 Å². The first kappa shape index (κ1) is 16.8. The maximum absolute atomic E-state index is 9.61. The van der Waals surface area contributed by atoms with Crippen molar-refractivity contribution in [1.82, 2.24) is 10.6 Å². The van der Waals surface area contributed by atoms with E-state index in [1.807, 2.05) is 18.2 Å². The van der Waals surface area contributed by atoms with Crippen molar-refractivity contribution in [2.24, 2.45) is 4.99 Å². The molecule has 0 bridgehead atoms. The third-order valence-electron chi connectivity index (χ3n) is 4.49. The van der Waals surface area contributed by atoms with Crippen molar-refractivity contribution in [2.75, 3.05) is 13.1 Å². The fraction of sp³-hybridized carbons (Fsp3) is 0.526. The lowest BCUT2D eigenvalue weighted by Crippen LogP contribution is -2.45. The number of furan rings is 1. The molecular formula is C19H27N3O2. The van der Waals surface area contributed by atoms with Crippen LogP contribution < -0.4 is 10.6 Å². The number of guanidine groups is 1. The number of hydrogen-bond donors (Lipinski definition) is 3. The highest BCUT2D eigenvalue weighted by Crippen LogP contribution is 2.19. The van der Waals surface area contributed by atoms with Gasteiger partial charge in [-0.2, -0.15) is 0 Å². The molecule has 24 heavy (non-hydrogen) atoms. The van der Waals surface area contributed by atoms with E-state index >= 15 is 0 Å². The Labute approximate surface area is 143 Å². The zero-order valence-electron chi connectivity index (χ0n) is 14.3. The van der Waals surface area contributed by atoms with Gasteiger partial charge in [-0.1, -0.05) is 18.2 Å². The number of benzene rings is 1. The maximum atomic E-state index is 9.61. The van der Waals surface area contributed by atoms with Crippen LogP contribution in [0.1, 0.15) is 38.4 Å². The van der Waals surface area contributed by atoms with E-state index in [1.165, 1.54) is 0 Å². The van der Waals surface area contributed by atoms with Crippen LogP contribution in [0.4, 0.5) is 0 Å². The van der Waals surface area contributed by atoms with Crippen LogP contribution in [0.15, 0.2) is 39.7 Å². The third kappa shape index (κ3) is 4.51. The van der Waals surface area contributed by atoms with Crippen molar-refractivity contribution < 1.29 is 9.52 Å². The Morgan fingerprint density at radius 2 is 2.04 bits per heavy atom. The van der Waals surface area contributed by atoms with Crippen molar-refractivity contribution in [3.05, 3.63) is 36.1 Å². The van der Waals surface area contributed by atoms with Crippen LogP contribution in [0.3, 0.4) is 0 Å². The quantitative estimate of drug-likeness (QED) is 0.583. The number of aliphatic imine (C=N–C) groups is 1. The monoisotopic (exact) mass is 329 g/mol. The number of para-hydroxylation sites is 1. The molecule has 5 heteroatoms. The average Bonchev–Trinajstić information content (AvgIpc) is 3.00. The molecule has 1 aromatic carbocycles. The summed E-state index contributed by atoms with van der Waals surface area (Å²) in [5.74, 6) is 1.83. The van der Waals surface area contributed by atoms with Gasteiger partial charge in [0, 0.05) is 30.9 Å². The van der Waals surface area contributed by atoms with E-state index in [2.05, 4.69) is 34.7 Å². The molecule has 0 saturated heterocycles. The predicted molar refractivity (Wildman–Crippen MR) is 97.3 cm³/mol. The van der Waals surface area contributed by atoms with E-state index in [9.17, 15) is 5.11 Å². The lowest BCUT2D eigenvalue weighted by Gasteiger charge is -2.27. The summed E-state index contributed by atoms with van der Waals surface area (Å²) in [7, 11) is 0. The van der Waals surface area contributed by atoms with Crippen LogP contribution in [0.5, 0.6) is 0 Å². The van der Waals surface area contributed by atoms with Gasteiger partial charge < -0.3 is 20.2 Å². The molecule has 1 saturated carbocycles. The molecule has 0 aliphatic heterocycles. The number of aliphatic hydroxyl groups excluding tert-OH is 1. The predicted octanol–water partition coefficient (Wildman–Crippen LogP) is 2.83. The number of fused-ring (bicyclic) bond motifs is 1. The molecule has 1 heterocycles. The largest absolute Gasteiger partial charge is 0.461 e. The lowest BCUT2D eigenvalue weighted by molar-refractivity contribution is 0.120. The van der Waals surface area contributed by atoms with Crippen LogP contribution in [0.2, 0.25) is 0 Å². The summed E-state index contributed by atoms with van der Waals surface area (Å²) < 4.78 is 5.83. The van der Waals surface area contributed by atoms with Crippen LogP contribution in [0.25, 0.3) is 11.0 Å². The molecule has 1 fully saturated rings. The van der Waals surface area contributed by atoms with Crippen molar-refractivity contribution in [2.45, 2.75) is 51.2 Å². The molecule has 1 aliphatic rings. The smallest absolute Gasteiger partial charge is 0.191 e. The molecule has 0 radical (unpaired) electrons. The van der Waals surface area contributed by atoms with Gasteiger partial charge in [-0.25, -0.2) is 0 Å². The van der Waals surface area contributed by atoms with Gasteiger partial charge in [0.1, 0.15) is 11.3 Å². The SMILES string of the molecule is CCNC(=NCCc1cc2ccccc2o1)NC1CCC(O)CC1. The summed E-state index contributed by atoms with van der Waals surface area (Å²) in [6.45, 7) is 3.59. The zero-order valence-corrected chi connectivity index (χ0v) is 14.3. The minimum absolute atomic E-state index is 0.129. The number of hydrogen-bond acceptors (Lipinski definition) is 3. The standard InChI is InChI=1S/C19H27N3O2/c1-2-20-19(22-15-7-9-16(23)10-8-15)21-12-11-17-13-14-5-3-4-6-18(14)24-17/h3-6,13,15-16,23H,2,7-12H2,1H3,(H2,20,21,22). The Balaban J connectivity index is 1.55. The van der Waals surface area contributed by atoms with Crippen molar-refractivity contribution in [1.29, 1.82) is 0 Å². The van der Waals surface area contributed by atoms with E-state index in [1.54, 1.807) is 0 Å². The highest BCUT2D eigenvalue weighted by molar-refractivity contribution is 5.80. The second-order valence-electron chi connectivity index (χ2n) is 6.41. The molecule has 0 amide bonds. The van der Waals surface area contributed by atoms with Gasteiger partial charge in [0.05, 0.1) is 6.10 Å². The van der Waals surface area contributed by atoms with Crippen LogP contribution >= 0.6 is 0 Å². The minimum atomic E-state index is -0.129. The summed E-state index contributed by atoms with van der Waals surface area (Å²) in [6.07, 6.45) is 4.39. The normalized spacial score (nSPS) is 21.8. The Morgan fingerprint density at radius 3 is 2.79 bits per heavy atom. The number of aliphatic hydroxyl groups is 1. The van der Waals surface area contributed by atoms with E-state index in [0.717, 1.165) is 61.3 Å². The lowest BCUT2D eigenvalue weighted by atomic mass is 9.93. The first-order valence-electron chi connectivity index (χ1n) is 8.95. The number of rotatable bonds is 5. The Bertz CT molecular complexity index is 639. The Kier molecular flexibility index (Phi) is 5.75. The Morgan fingerprint density at radius 1 is 1.25 bits per heavy atom. The molecule has 1 aromatic heterocycles. The first-order valence-corrected chi connectivity index (χ1v) is 8.95. The summed E-state index contributed by atoms with van der Waals surface area (Å²) >= 11 is 0. The second-order valence-corrected chi connectivity index (χ2v) is 6.41. The Hall–Kier alpha value is -2.01. The molecule has 3 rings (SSSR count). The molecule has 0 spiro atoms. The van der Waals surface area contributed by atoms with E-state index < -0.39 is 0 Å². The maximum Gasteiger partial charge on any atom is 0.191 e. The summed E-state index contributed by atoms with van der Waals surface area (Å²) in [6, 6.07) is 10.6. The van der Waals surface area contributed by atoms with E-state index in [0.29, 0.717) is 12.6 Å². The fourth-order valence-corrected chi connectivity index (χ4v) is 3.17. The topological polar surface area (TPSA) is 69.8 Å². The number of nitrogens with zero attached hydrogens (tertiary/aromatic N) is 1. The van der Waals surface area contributed by atoms with E-state index in [-0.39, 0.29) is 6.10 Å². The van der Waals surface area contributed by atoms with Crippen LogP contribution in [-0.2, 0) is 6.42 Å². The van der Waals surface area contributed by atoms with Crippen LogP contribution in [0, 0.1) is 0 Å².